The number of fused-ring (bicyclic) bond motifs is 6. The maximum Gasteiger partial charge on any atom is 0.270 e. The predicted octanol–water partition coefficient (Wildman–Crippen LogP) is 3.70. The Morgan fingerprint density at radius 1 is 0.815 bits per heavy atom. The molecule has 0 radical (unpaired) electrons. The Kier molecular flexibility index (Phi) is 2.92. The van der Waals surface area contributed by atoms with E-state index in [1.54, 1.807) is 24.3 Å². The van der Waals surface area contributed by atoms with Crippen LogP contribution in [0.2, 0.25) is 0 Å². The minimum Gasteiger partial charge on any atom is -0.324 e. The third-order valence-corrected chi connectivity index (χ3v) is 5.34. The molecule has 0 bridgehead atoms. The summed E-state index contributed by atoms with van der Waals surface area (Å²) < 4.78 is 0. The number of amides is 1. The minimum atomic E-state index is -1.53. The maximum absolute atomic E-state index is 13.7. The highest BCUT2D eigenvalue weighted by Crippen LogP contribution is 2.53. The number of non-ortho nitro benzene ring substituents is 1. The molecule has 6 heteroatoms. The maximum atomic E-state index is 13.7. The quantitative estimate of drug-likeness (QED) is 0.409. The fourth-order valence-corrected chi connectivity index (χ4v) is 4.19. The van der Waals surface area contributed by atoms with Crippen molar-refractivity contribution in [3.63, 3.8) is 0 Å². The SMILES string of the molecule is O=C1Nc2ccc([N+](=O)[O-])cc2C(=O)C12c1ccccc1-c1ccccc12. The van der Waals surface area contributed by atoms with Crippen molar-refractivity contribution >= 4 is 23.1 Å². The first-order chi connectivity index (χ1) is 13.0. The van der Waals surface area contributed by atoms with Gasteiger partial charge in [-0.2, -0.15) is 0 Å². The van der Waals surface area contributed by atoms with Crippen LogP contribution < -0.4 is 5.32 Å². The van der Waals surface area contributed by atoms with Crippen LogP contribution in [0.25, 0.3) is 11.1 Å². The van der Waals surface area contributed by atoms with E-state index >= 15 is 0 Å². The summed E-state index contributed by atoms with van der Waals surface area (Å²) in [6, 6.07) is 18.5. The van der Waals surface area contributed by atoms with Crippen LogP contribution in [0, 0.1) is 10.1 Å². The molecule has 1 amide bonds. The molecule has 0 fully saturated rings. The van der Waals surface area contributed by atoms with Gasteiger partial charge in [0.1, 0.15) is 0 Å². The second kappa shape index (κ2) is 5.11. The van der Waals surface area contributed by atoms with Crippen LogP contribution in [0.4, 0.5) is 11.4 Å². The molecule has 6 nitrogen and oxygen atoms in total. The highest BCUT2D eigenvalue weighted by molar-refractivity contribution is 6.32. The summed E-state index contributed by atoms with van der Waals surface area (Å²) in [7, 11) is 0. The number of rotatable bonds is 1. The van der Waals surface area contributed by atoms with Gasteiger partial charge in [0.05, 0.1) is 10.6 Å². The minimum absolute atomic E-state index is 0.148. The number of nitro benzene ring substituents is 1. The van der Waals surface area contributed by atoms with Crippen LogP contribution in [0.15, 0.2) is 66.7 Å². The van der Waals surface area contributed by atoms with Gasteiger partial charge in [-0.25, -0.2) is 0 Å². The molecule has 0 unspecified atom stereocenters. The molecule has 0 saturated heterocycles. The van der Waals surface area contributed by atoms with E-state index in [9.17, 15) is 19.7 Å². The van der Waals surface area contributed by atoms with Crippen molar-refractivity contribution in [1.82, 2.24) is 0 Å². The molecule has 130 valence electrons. The van der Waals surface area contributed by atoms with Crippen molar-refractivity contribution in [2.24, 2.45) is 0 Å². The van der Waals surface area contributed by atoms with Gasteiger partial charge in [-0.1, -0.05) is 48.5 Å². The Morgan fingerprint density at radius 2 is 1.41 bits per heavy atom. The van der Waals surface area contributed by atoms with Gasteiger partial charge in [0.15, 0.2) is 11.2 Å². The standard InChI is InChI=1S/C21H12N2O4/c24-19-15-11-12(23(26)27)9-10-18(15)22-20(25)21(19)16-7-3-1-5-13(16)14-6-2-4-8-17(14)21/h1-11H,(H,22,25). The van der Waals surface area contributed by atoms with Gasteiger partial charge in [0.25, 0.3) is 5.69 Å². The number of benzene rings is 3. The molecular weight excluding hydrogens is 344 g/mol. The molecule has 0 atom stereocenters. The monoisotopic (exact) mass is 356 g/mol. The van der Waals surface area contributed by atoms with Crippen molar-refractivity contribution in [1.29, 1.82) is 0 Å². The molecule has 3 aromatic rings. The molecule has 0 aromatic heterocycles. The lowest BCUT2D eigenvalue weighted by Crippen LogP contribution is -2.50. The molecule has 5 rings (SSSR count). The second-order valence-electron chi connectivity index (χ2n) is 6.61. The molecule has 1 spiro atoms. The molecule has 0 saturated carbocycles. The fraction of sp³-hybridized carbons (Fsp3) is 0.0476. The summed E-state index contributed by atoms with van der Waals surface area (Å²) in [5, 5.41) is 14.0. The Bertz CT molecular complexity index is 1140. The number of carbonyl (C=O) groups excluding carboxylic acids is 2. The molecule has 1 N–H and O–H groups in total. The topological polar surface area (TPSA) is 89.3 Å². The van der Waals surface area contributed by atoms with Gasteiger partial charge in [-0.3, -0.25) is 19.7 Å². The number of hydrogen-bond donors (Lipinski definition) is 1. The predicted molar refractivity (Wildman–Crippen MR) is 98.7 cm³/mol. The number of ketones is 1. The Labute approximate surface area is 153 Å². The average molecular weight is 356 g/mol. The molecule has 27 heavy (non-hydrogen) atoms. The van der Waals surface area contributed by atoms with Crippen molar-refractivity contribution < 1.29 is 14.5 Å². The first-order valence-electron chi connectivity index (χ1n) is 8.39. The molecule has 2 aliphatic rings. The fourth-order valence-electron chi connectivity index (χ4n) is 4.19. The van der Waals surface area contributed by atoms with Gasteiger partial charge in [0, 0.05) is 17.7 Å². The van der Waals surface area contributed by atoms with Crippen LogP contribution in [0.3, 0.4) is 0 Å². The molecule has 1 aliphatic carbocycles. The normalized spacial score (nSPS) is 15.7. The number of nitro groups is 1. The van der Waals surface area contributed by atoms with Gasteiger partial charge in [-0.15, -0.1) is 0 Å². The summed E-state index contributed by atoms with van der Waals surface area (Å²) in [5.74, 6) is -0.881. The van der Waals surface area contributed by atoms with Gasteiger partial charge in [-0.05, 0) is 28.3 Å². The van der Waals surface area contributed by atoms with Gasteiger partial charge < -0.3 is 5.32 Å². The first-order valence-corrected chi connectivity index (χ1v) is 8.39. The van der Waals surface area contributed by atoms with E-state index in [1.165, 1.54) is 18.2 Å². The smallest absolute Gasteiger partial charge is 0.270 e. The van der Waals surface area contributed by atoms with E-state index in [2.05, 4.69) is 5.32 Å². The van der Waals surface area contributed by atoms with Crippen molar-refractivity contribution in [3.05, 3.63) is 93.5 Å². The molecule has 1 aliphatic heterocycles. The number of Topliss-reactive ketones (excluding diaryl/α,β-unsaturated/α-hetero) is 1. The van der Waals surface area contributed by atoms with Crippen LogP contribution in [0.5, 0.6) is 0 Å². The third-order valence-electron chi connectivity index (χ3n) is 5.34. The van der Waals surface area contributed by atoms with E-state index < -0.39 is 22.0 Å². The van der Waals surface area contributed by atoms with Crippen LogP contribution in [-0.4, -0.2) is 16.6 Å². The van der Waals surface area contributed by atoms with E-state index in [4.69, 9.17) is 0 Å². The third kappa shape index (κ3) is 1.79. The van der Waals surface area contributed by atoms with E-state index in [0.717, 1.165) is 11.1 Å². The molecular formula is C21H12N2O4. The highest BCUT2D eigenvalue weighted by Gasteiger charge is 2.57. The lowest BCUT2D eigenvalue weighted by Gasteiger charge is -2.33. The van der Waals surface area contributed by atoms with Gasteiger partial charge >= 0.3 is 0 Å². The van der Waals surface area contributed by atoms with Crippen LogP contribution >= 0.6 is 0 Å². The lowest BCUT2D eigenvalue weighted by atomic mass is 9.69. The summed E-state index contributed by atoms with van der Waals surface area (Å²) in [4.78, 5) is 37.6. The summed E-state index contributed by atoms with van der Waals surface area (Å²) in [6.45, 7) is 0. The number of carbonyl (C=O) groups is 2. The Hall–Kier alpha value is -3.80. The summed E-state index contributed by atoms with van der Waals surface area (Å²) >= 11 is 0. The average Bonchev–Trinajstić information content (AvgIpc) is 2.98. The number of anilines is 1. The zero-order valence-corrected chi connectivity index (χ0v) is 13.9. The highest BCUT2D eigenvalue weighted by atomic mass is 16.6. The zero-order valence-electron chi connectivity index (χ0n) is 13.9. The number of hydrogen-bond acceptors (Lipinski definition) is 4. The zero-order chi connectivity index (χ0) is 18.8. The Morgan fingerprint density at radius 3 is 2.00 bits per heavy atom. The van der Waals surface area contributed by atoms with E-state index in [1.807, 2.05) is 24.3 Å². The van der Waals surface area contributed by atoms with Crippen molar-refractivity contribution in [3.8, 4) is 11.1 Å². The molecule has 1 heterocycles. The van der Waals surface area contributed by atoms with Gasteiger partial charge in [0.2, 0.25) is 5.91 Å². The van der Waals surface area contributed by atoms with Crippen molar-refractivity contribution in [2.75, 3.05) is 5.32 Å². The largest absolute Gasteiger partial charge is 0.324 e. The second-order valence-corrected chi connectivity index (χ2v) is 6.61. The van der Waals surface area contributed by atoms with Crippen LogP contribution in [-0.2, 0) is 10.2 Å². The number of nitrogens with one attached hydrogen (secondary N) is 1. The number of nitrogens with zero attached hydrogens (tertiary/aromatic N) is 1. The summed E-state index contributed by atoms with van der Waals surface area (Å²) in [5.41, 5.74) is 1.58. The van der Waals surface area contributed by atoms with E-state index in [0.29, 0.717) is 16.8 Å². The van der Waals surface area contributed by atoms with Crippen LogP contribution in [0.1, 0.15) is 21.5 Å². The molecule has 3 aromatic carbocycles. The van der Waals surface area contributed by atoms with Crippen molar-refractivity contribution in [2.45, 2.75) is 5.41 Å². The summed E-state index contributed by atoms with van der Waals surface area (Å²) in [6.07, 6.45) is 0. The lowest BCUT2D eigenvalue weighted by molar-refractivity contribution is -0.384. The van der Waals surface area contributed by atoms with E-state index in [-0.39, 0.29) is 11.3 Å². The Balaban J connectivity index is 1.85. The first kappa shape index (κ1) is 15.5.